The van der Waals surface area contributed by atoms with Gasteiger partial charge in [0.15, 0.2) is 11.2 Å². The highest BCUT2D eigenvalue weighted by Gasteiger charge is 2.20. The molecule has 0 aromatic carbocycles. The zero-order valence-electron chi connectivity index (χ0n) is 7.27. The number of halogens is 2. The fourth-order valence-electron chi connectivity index (χ4n) is 1.19. The minimum absolute atomic E-state index is 0.102. The molecule has 0 atom stereocenters. The van der Waals surface area contributed by atoms with Crippen LogP contribution in [0.4, 0.5) is 0 Å². The monoisotopic (exact) mass is 305 g/mol. The molecule has 2 aromatic heterocycles. The lowest BCUT2D eigenvalue weighted by Crippen LogP contribution is -2.34. The van der Waals surface area contributed by atoms with E-state index in [0.717, 1.165) is 3.59 Å². The predicted molar refractivity (Wildman–Crippen MR) is 58.7 cm³/mol. The molecule has 0 spiro atoms. The second kappa shape index (κ2) is 3.36. The van der Waals surface area contributed by atoms with Crippen molar-refractivity contribution in [1.82, 2.24) is 17.3 Å². The molecule has 10 heteroatoms. The van der Waals surface area contributed by atoms with Crippen LogP contribution in [0.25, 0.3) is 16.1 Å². The highest BCUT2D eigenvalue weighted by atomic mass is 79.9. The van der Waals surface area contributed by atoms with Crippen molar-refractivity contribution in [2.24, 2.45) is 0 Å². The third-order valence-corrected chi connectivity index (χ3v) is 2.85. The summed E-state index contributed by atoms with van der Waals surface area (Å²) in [5, 5.41) is 0. The van der Waals surface area contributed by atoms with E-state index in [-0.39, 0.29) is 15.8 Å². The summed E-state index contributed by atoms with van der Waals surface area (Å²) in [5.74, 6) is 0. The summed E-state index contributed by atoms with van der Waals surface area (Å²) in [6, 6.07) is 0. The summed E-state index contributed by atoms with van der Waals surface area (Å²) < 4.78 is 1.54. The van der Waals surface area contributed by atoms with E-state index >= 15 is 0 Å². The van der Waals surface area contributed by atoms with Crippen LogP contribution in [-0.2, 0) is 0 Å². The molecule has 0 bridgehead atoms. The quantitative estimate of drug-likeness (QED) is 0.666. The first-order valence-electron chi connectivity index (χ1n) is 3.72. The van der Waals surface area contributed by atoms with Gasteiger partial charge in [-0.05, 0) is 0 Å². The van der Waals surface area contributed by atoms with Crippen LogP contribution in [-0.4, -0.2) is 17.3 Å². The zero-order valence-corrected chi connectivity index (χ0v) is 9.61. The Balaban J connectivity index is 3.31. The third-order valence-electron chi connectivity index (χ3n) is 1.86. The number of hydrogen-bond acceptors (Lipinski definition) is 3. The molecule has 2 rings (SSSR count). The molecule has 82 valence electrons. The van der Waals surface area contributed by atoms with Gasteiger partial charge in [0, 0.05) is 11.8 Å². The third kappa shape index (κ3) is 1.17. The van der Waals surface area contributed by atoms with E-state index in [0.29, 0.717) is 4.09 Å². The van der Waals surface area contributed by atoms with Crippen molar-refractivity contribution in [3.05, 3.63) is 42.8 Å². The summed E-state index contributed by atoms with van der Waals surface area (Å²) in [6.07, 6.45) is 0. The van der Waals surface area contributed by atoms with Crippen LogP contribution in [0.1, 0.15) is 0 Å². The van der Waals surface area contributed by atoms with Gasteiger partial charge in [-0.1, -0.05) is 0 Å². The summed E-state index contributed by atoms with van der Waals surface area (Å²) in [4.78, 5) is 39.2. The molecule has 0 saturated heterocycles. The van der Waals surface area contributed by atoms with Gasteiger partial charge in [0.1, 0.15) is 0 Å². The minimum Gasteiger partial charge on any atom is -0.289 e. The molecular formula is C6HBrClN5O3. The standard InChI is InChI=1S/C6HBrClN5O3/c1-9-13-4(14)2-3(11(7)6(13)16)10-5(15)12(2)8/h(H,10,15). The number of nitrogens with zero attached hydrogens (tertiary/aromatic N) is 4. The molecule has 2 heterocycles. The fourth-order valence-corrected chi connectivity index (χ4v) is 1.79. The van der Waals surface area contributed by atoms with Crippen LogP contribution in [0.15, 0.2) is 14.4 Å². The molecule has 0 unspecified atom stereocenters. The molecule has 0 amide bonds. The van der Waals surface area contributed by atoms with Gasteiger partial charge in [0.2, 0.25) is 0 Å². The topological polar surface area (TPSA) is 86.2 Å². The molecule has 2 aromatic rings. The smallest absolute Gasteiger partial charge is 0.289 e. The van der Waals surface area contributed by atoms with Crippen LogP contribution in [0.3, 0.4) is 0 Å². The SMILES string of the molecule is [C-]#[N+]n1c(=O)c2c([nH]c(=O)n2Cl)n(Br)c1=O. The van der Waals surface area contributed by atoms with E-state index in [4.69, 9.17) is 18.3 Å². The van der Waals surface area contributed by atoms with E-state index in [2.05, 4.69) is 26.1 Å². The van der Waals surface area contributed by atoms with E-state index in [1.165, 1.54) is 0 Å². The van der Waals surface area contributed by atoms with Gasteiger partial charge in [0.05, 0.1) is 20.8 Å². The average molecular weight is 306 g/mol. The first-order valence-corrected chi connectivity index (χ1v) is 4.76. The minimum atomic E-state index is -0.959. The highest BCUT2D eigenvalue weighted by Crippen LogP contribution is 2.05. The van der Waals surface area contributed by atoms with Gasteiger partial charge in [-0.3, -0.25) is 9.78 Å². The number of aromatic amines is 1. The van der Waals surface area contributed by atoms with Gasteiger partial charge in [-0.25, -0.2) is 13.2 Å². The van der Waals surface area contributed by atoms with Gasteiger partial charge >= 0.3 is 16.9 Å². The van der Waals surface area contributed by atoms with Gasteiger partial charge in [0.25, 0.3) is 0 Å². The maximum absolute atomic E-state index is 11.6. The molecule has 1 N–H and O–H groups in total. The Kier molecular flexibility index (Phi) is 2.25. The molecule has 0 fully saturated rings. The molecule has 16 heavy (non-hydrogen) atoms. The van der Waals surface area contributed by atoms with Crippen molar-refractivity contribution in [3.63, 3.8) is 0 Å². The molecule has 0 aliphatic heterocycles. The van der Waals surface area contributed by atoms with Gasteiger partial charge in [-0.2, -0.15) is 10.7 Å². The number of nitrogens with one attached hydrogen (secondary N) is 1. The summed E-state index contributed by atoms with van der Waals surface area (Å²) in [5.41, 5.74) is -3.04. The van der Waals surface area contributed by atoms with Crippen molar-refractivity contribution >= 4 is 39.1 Å². The second-order valence-corrected chi connectivity index (χ2v) is 3.74. The van der Waals surface area contributed by atoms with E-state index < -0.39 is 16.9 Å². The number of rotatable bonds is 0. The Morgan fingerprint density at radius 1 is 1.38 bits per heavy atom. The summed E-state index contributed by atoms with van der Waals surface area (Å²) >= 11 is 8.33. The van der Waals surface area contributed by atoms with Gasteiger partial charge in [-0.15, -0.1) is 4.95 Å². The lowest BCUT2D eigenvalue weighted by atomic mass is 10.5. The molecule has 0 saturated carbocycles. The van der Waals surface area contributed by atoms with Crippen molar-refractivity contribution in [3.8, 4) is 0 Å². The maximum Gasteiger partial charge on any atom is 0.411 e. The molecule has 0 radical (unpaired) electrons. The van der Waals surface area contributed by atoms with Crippen LogP contribution in [0.2, 0.25) is 0 Å². The van der Waals surface area contributed by atoms with Crippen LogP contribution in [0, 0.1) is 6.57 Å². The first kappa shape index (κ1) is 10.7. The number of aromatic nitrogens is 4. The van der Waals surface area contributed by atoms with E-state index in [1.807, 2.05) is 0 Å². The zero-order chi connectivity index (χ0) is 12.0. The average Bonchev–Trinajstić information content (AvgIpc) is 2.54. The van der Waals surface area contributed by atoms with Gasteiger partial charge < -0.3 is 0 Å². The van der Waals surface area contributed by atoms with Crippen molar-refractivity contribution in [2.45, 2.75) is 0 Å². The van der Waals surface area contributed by atoms with Crippen molar-refractivity contribution in [2.75, 3.05) is 0 Å². The molecule has 8 nitrogen and oxygen atoms in total. The number of fused-ring (bicyclic) bond motifs is 1. The number of H-pyrrole nitrogens is 1. The summed E-state index contributed by atoms with van der Waals surface area (Å²) in [7, 11) is 0. The van der Waals surface area contributed by atoms with Crippen molar-refractivity contribution in [1.29, 1.82) is 0 Å². The second-order valence-electron chi connectivity index (χ2n) is 2.69. The molecular weight excluding hydrogens is 305 g/mol. The normalized spacial score (nSPS) is 10.6. The Bertz CT molecular complexity index is 803. The van der Waals surface area contributed by atoms with E-state index in [9.17, 15) is 14.4 Å². The largest absolute Gasteiger partial charge is 0.411 e. The molecule has 0 aliphatic carbocycles. The number of hydrogen-bond donors (Lipinski definition) is 1. The predicted octanol–water partition coefficient (Wildman–Crippen LogP) is -0.505. The first-order chi connectivity index (χ1) is 7.49. The van der Waals surface area contributed by atoms with Crippen LogP contribution in [0.5, 0.6) is 0 Å². The lowest BCUT2D eigenvalue weighted by Gasteiger charge is -1.95. The molecule has 0 aliphatic rings. The Morgan fingerprint density at radius 2 is 2.00 bits per heavy atom. The Morgan fingerprint density at radius 3 is 2.56 bits per heavy atom. The highest BCUT2D eigenvalue weighted by molar-refractivity contribution is 9.08. The lowest BCUT2D eigenvalue weighted by molar-refractivity contribution is 0.874. The Labute approximate surface area is 99.5 Å². The van der Waals surface area contributed by atoms with Crippen LogP contribution < -0.4 is 16.9 Å². The van der Waals surface area contributed by atoms with E-state index in [1.54, 1.807) is 0 Å². The van der Waals surface area contributed by atoms with Crippen molar-refractivity contribution < 1.29 is 0 Å². The maximum atomic E-state index is 11.6. The number of imidazole rings is 1. The van der Waals surface area contributed by atoms with Crippen LogP contribution >= 0.6 is 27.9 Å². The summed E-state index contributed by atoms with van der Waals surface area (Å²) in [6.45, 7) is 6.69. The Hall–Kier alpha value is -1.79. The fraction of sp³-hybridized carbons (Fsp3) is 0.